The van der Waals surface area contributed by atoms with E-state index in [1.807, 2.05) is 0 Å². The van der Waals surface area contributed by atoms with Gasteiger partial charge in [-0.05, 0) is 24.3 Å². The van der Waals surface area contributed by atoms with Crippen LogP contribution in [0.25, 0.3) is 0 Å². The number of carbonyl (C=O) groups is 3. The molecule has 0 aliphatic rings. The predicted molar refractivity (Wildman–Crippen MR) is 129 cm³/mol. The van der Waals surface area contributed by atoms with E-state index in [9.17, 15) is 14.4 Å². The first-order valence-corrected chi connectivity index (χ1v) is 10.5. The van der Waals surface area contributed by atoms with Crippen molar-refractivity contribution in [3.05, 3.63) is 65.7 Å². The van der Waals surface area contributed by atoms with Crippen LogP contribution in [0.1, 0.15) is 34.1 Å². The fraction of sp³-hybridized carbons (Fsp3) is 0.211. The van der Waals surface area contributed by atoms with Gasteiger partial charge in [-0.25, -0.2) is 9.59 Å². The number of rotatable bonds is 3. The second-order valence-electron chi connectivity index (χ2n) is 5.31. The maximum Gasteiger partial charge on any atom is 0.339 e. The number of primary amides is 1. The van der Waals surface area contributed by atoms with Gasteiger partial charge in [0.1, 0.15) is 11.3 Å². The highest BCUT2D eigenvalue weighted by Gasteiger charge is 2.44. The van der Waals surface area contributed by atoms with E-state index in [0.29, 0.717) is 12.0 Å². The molecule has 13 heteroatoms. The fourth-order valence-electron chi connectivity index (χ4n) is 1.24. The number of carbonyl (C=O) groups excluding carboxylic acids is 1. The zero-order valence-electron chi connectivity index (χ0n) is 16.3. The summed E-state index contributed by atoms with van der Waals surface area (Å²) in [6.07, 6.45) is 0.444. The largest absolute Gasteiger partial charge is 0.507 e. The summed E-state index contributed by atoms with van der Waals surface area (Å²) in [4.78, 5) is 30.1. The van der Waals surface area contributed by atoms with Crippen LogP contribution in [0.2, 0.25) is 0 Å². The molecule has 0 spiro atoms. The molecule has 7 nitrogen and oxygen atoms in total. The second kappa shape index (κ2) is 16.1. The Morgan fingerprint density at radius 2 is 1.16 bits per heavy atom. The highest BCUT2D eigenvalue weighted by Crippen LogP contribution is 2.48. The minimum absolute atomic E-state index is 0.0671. The number of alkyl halides is 6. The van der Waals surface area contributed by atoms with Crippen molar-refractivity contribution in [2.24, 2.45) is 5.73 Å². The molecule has 0 unspecified atom stereocenters. The molecule has 0 bridgehead atoms. The first-order chi connectivity index (χ1) is 14.5. The van der Waals surface area contributed by atoms with Crippen molar-refractivity contribution in [2.45, 2.75) is 20.9 Å². The molecule has 0 aliphatic heterocycles. The lowest BCUT2D eigenvalue weighted by Gasteiger charge is -2.19. The van der Waals surface area contributed by atoms with Crippen LogP contribution in [-0.4, -0.2) is 40.8 Å². The van der Waals surface area contributed by atoms with Crippen molar-refractivity contribution in [1.82, 2.24) is 0 Å². The third-order valence-electron chi connectivity index (χ3n) is 2.83. The van der Waals surface area contributed by atoms with Gasteiger partial charge in [-0.1, -0.05) is 107 Å². The number of halogens is 6. The van der Waals surface area contributed by atoms with E-state index in [2.05, 4.69) is 5.73 Å². The number of aromatic hydroxyl groups is 1. The Hall–Kier alpha value is -1.61. The van der Waals surface area contributed by atoms with Crippen LogP contribution in [0.3, 0.4) is 0 Å². The van der Waals surface area contributed by atoms with Gasteiger partial charge < -0.3 is 21.1 Å². The van der Waals surface area contributed by atoms with Crippen molar-refractivity contribution in [1.29, 1.82) is 0 Å². The van der Waals surface area contributed by atoms with Crippen LogP contribution in [-0.2, 0) is 4.79 Å². The number of aromatic carboxylic acids is 2. The molecule has 0 radical (unpaired) electrons. The maximum absolute atomic E-state index is 10.3. The van der Waals surface area contributed by atoms with Gasteiger partial charge in [-0.2, -0.15) is 0 Å². The third kappa shape index (κ3) is 16.1. The summed E-state index contributed by atoms with van der Waals surface area (Å²) in [6, 6.07) is 14.1. The molecule has 0 saturated carbocycles. The molecule has 0 aromatic heterocycles. The summed E-state index contributed by atoms with van der Waals surface area (Å²) in [5.41, 5.74) is 4.92. The third-order valence-corrected chi connectivity index (χ3v) is 5.40. The normalized spacial score (nSPS) is 10.1. The summed E-state index contributed by atoms with van der Waals surface area (Å²) in [5, 5.41) is 25.7. The number of hydrogen-bond acceptors (Lipinski definition) is 4. The lowest BCUT2D eigenvalue weighted by atomic mass is 10.2. The average Bonchev–Trinajstić information content (AvgIpc) is 2.68. The number of carboxylic acids is 2. The zero-order chi connectivity index (χ0) is 25.5. The Morgan fingerprint density at radius 3 is 1.38 bits per heavy atom. The Kier molecular flexibility index (Phi) is 16.4. The molecule has 1 amide bonds. The van der Waals surface area contributed by atoms with Gasteiger partial charge in [-0.3, -0.25) is 4.79 Å². The van der Waals surface area contributed by atoms with Gasteiger partial charge in [-0.15, -0.1) is 0 Å². The molecule has 0 fully saturated rings. The number of nitrogens with two attached hydrogens (primary N) is 1. The molecule has 0 saturated heterocycles. The highest BCUT2D eigenvalue weighted by molar-refractivity contribution is 6.83. The van der Waals surface area contributed by atoms with Crippen LogP contribution >= 0.6 is 69.6 Å². The average molecular weight is 570 g/mol. The summed E-state index contributed by atoms with van der Waals surface area (Å²) >= 11 is 30.9. The Balaban J connectivity index is 0. The van der Waals surface area contributed by atoms with Gasteiger partial charge >= 0.3 is 11.9 Å². The first-order valence-electron chi connectivity index (χ1n) is 8.25. The molecule has 5 N–H and O–H groups in total. The smallest absolute Gasteiger partial charge is 0.339 e. The molecule has 2 rings (SSSR count). The predicted octanol–water partition coefficient (Wildman–Crippen LogP) is 6.08. The van der Waals surface area contributed by atoms with Crippen LogP contribution < -0.4 is 5.73 Å². The first kappa shape index (κ1) is 32.6. The topological polar surface area (TPSA) is 138 Å². The van der Waals surface area contributed by atoms with Gasteiger partial charge in [0, 0.05) is 6.42 Å². The Labute approximate surface area is 214 Å². The molecule has 2 aromatic carbocycles. The molecule has 0 heterocycles. The van der Waals surface area contributed by atoms with E-state index in [0.717, 1.165) is 0 Å². The van der Waals surface area contributed by atoms with Crippen molar-refractivity contribution in [2.75, 3.05) is 0 Å². The fourth-order valence-corrected chi connectivity index (χ4v) is 1.24. The molecule has 178 valence electrons. The molecular formula is C19H19Cl6NO6. The summed E-state index contributed by atoms with van der Waals surface area (Å²) in [7, 11) is 0. The van der Waals surface area contributed by atoms with Crippen LogP contribution in [0.15, 0.2) is 54.6 Å². The van der Waals surface area contributed by atoms with Crippen LogP contribution in [0.4, 0.5) is 0 Å². The van der Waals surface area contributed by atoms with E-state index >= 15 is 0 Å². The monoisotopic (exact) mass is 567 g/mol. The standard InChI is InChI=1S/C7H6O3.C7H6O2.C3H7NO.C2Cl6/c8-6-4-2-1-3-5(6)7(9)10;8-7(9)6-4-2-1-3-5-6;1-2-3(4)5;3-1(4,5)2(6,7)8/h1-4,8H,(H,9,10);1-5H,(H,8,9);2H2,1H3,(H2,4,5);. The zero-order valence-corrected chi connectivity index (χ0v) is 20.9. The van der Waals surface area contributed by atoms with E-state index in [-0.39, 0.29) is 17.2 Å². The second-order valence-corrected chi connectivity index (χ2v) is 9.87. The maximum atomic E-state index is 10.3. The number of phenols is 1. The van der Waals surface area contributed by atoms with Crippen LogP contribution in [0.5, 0.6) is 5.75 Å². The van der Waals surface area contributed by atoms with Crippen molar-refractivity contribution < 1.29 is 29.7 Å². The van der Waals surface area contributed by atoms with Crippen molar-refractivity contribution in [3.8, 4) is 5.75 Å². The number of benzene rings is 2. The summed E-state index contributed by atoms with van der Waals surface area (Å²) < 4.78 is -3.70. The van der Waals surface area contributed by atoms with E-state index in [4.69, 9.17) is 84.9 Å². The van der Waals surface area contributed by atoms with Gasteiger partial charge in [0.15, 0.2) is 0 Å². The Morgan fingerprint density at radius 1 is 0.781 bits per heavy atom. The SMILES string of the molecule is CCC(N)=O.ClC(Cl)(Cl)C(Cl)(Cl)Cl.O=C(O)c1ccccc1.O=C(O)c1ccccc1O. The van der Waals surface area contributed by atoms with Gasteiger partial charge in [0.2, 0.25) is 13.5 Å². The van der Waals surface area contributed by atoms with E-state index < -0.39 is 19.5 Å². The molecule has 0 atom stereocenters. The van der Waals surface area contributed by atoms with E-state index in [1.54, 1.807) is 49.4 Å². The molecule has 0 aliphatic carbocycles. The van der Waals surface area contributed by atoms with Crippen LogP contribution in [0, 0.1) is 0 Å². The highest BCUT2D eigenvalue weighted by atomic mass is 35.6. The minimum Gasteiger partial charge on any atom is -0.507 e. The van der Waals surface area contributed by atoms with Crippen molar-refractivity contribution in [3.63, 3.8) is 0 Å². The molecule has 2 aromatic rings. The van der Waals surface area contributed by atoms with Gasteiger partial charge in [0.25, 0.3) is 0 Å². The lowest BCUT2D eigenvalue weighted by Crippen LogP contribution is -2.23. The number of hydrogen-bond donors (Lipinski definition) is 4. The lowest BCUT2D eigenvalue weighted by molar-refractivity contribution is -0.117. The minimum atomic E-state index is -1.85. The number of amides is 1. The Bertz CT molecular complexity index is 841. The van der Waals surface area contributed by atoms with E-state index in [1.165, 1.54) is 12.1 Å². The summed E-state index contributed by atoms with van der Waals surface area (Å²) in [5.74, 6) is -2.44. The van der Waals surface area contributed by atoms with Crippen molar-refractivity contribution >= 4 is 87.5 Å². The number of carboxylic acid groups (broad SMARTS) is 2. The number of para-hydroxylation sites is 1. The summed E-state index contributed by atoms with van der Waals surface area (Å²) in [6.45, 7) is 1.72. The van der Waals surface area contributed by atoms with Gasteiger partial charge in [0.05, 0.1) is 5.56 Å². The molecule has 32 heavy (non-hydrogen) atoms. The molecular weight excluding hydrogens is 551 g/mol. The quantitative estimate of drug-likeness (QED) is 0.330.